The second-order valence-corrected chi connectivity index (χ2v) is 4.36. The molecule has 0 spiro atoms. The van der Waals surface area contributed by atoms with E-state index in [1.54, 1.807) is 19.1 Å². The highest BCUT2D eigenvalue weighted by molar-refractivity contribution is 5.95. The van der Waals surface area contributed by atoms with E-state index in [1.807, 2.05) is 12.1 Å². The smallest absolute Gasteiger partial charge is 0.420 e. The molecule has 8 heteroatoms. The maximum Gasteiger partial charge on any atom is 0.420 e. The number of nitrogens with two attached hydrogens (primary N) is 2. The zero-order valence-electron chi connectivity index (χ0n) is 11.3. The van der Waals surface area contributed by atoms with Crippen LogP contribution < -0.4 is 11.5 Å². The van der Waals surface area contributed by atoms with E-state index >= 15 is 0 Å². The minimum absolute atomic E-state index is 0.174. The molecule has 21 heavy (non-hydrogen) atoms. The normalized spacial score (nSPS) is 10.9. The van der Waals surface area contributed by atoms with E-state index in [2.05, 4.69) is 15.2 Å². The Morgan fingerprint density at radius 3 is 2.81 bits per heavy atom. The molecule has 0 unspecified atom stereocenters. The summed E-state index contributed by atoms with van der Waals surface area (Å²) < 4.78 is 6.43. The molecule has 0 aliphatic carbocycles. The number of imidazole rings is 1. The SMILES string of the molecule is CCOC(=O)n1c(-c2c(N)n[nH]c2N)nc2ccccc21. The van der Waals surface area contributed by atoms with Gasteiger partial charge >= 0.3 is 6.09 Å². The number of hydrogen-bond acceptors (Lipinski definition) is 6. The van der Waals surface area contributed by atoms with Gasteiger partial charge in [0.1, 0.15) is 11.4 Å². The summed E-state index contributed by atoms with van der Waals surface area (Å²) in [4.78, 5) is 16.7. The predicted octanol–water partition coefficient (Wildman–Crippen LogP) is 1.60. The van der Waals surface area contributed by atoms with Crippen LogP contribution in [-0.4, -0.2) is 32.4 Å². The summed E-state index contributed by atoms with van der Waals surface area (Å²) in [7, 11) is 0. The van der Waals surface area contributed by atoms with E-state index in [0.717, 1.165) is 0 Å². The largest absolute Gasteiger partial charge is 0.449 e. The Hall–Kier alpha value is -3.03. The first-order chi connectivity index (χ1) is 10.1. The van der Waals surface area contributed by atoms with Crippen molar-refractivity contribution >= 4 is 28.8 Å². The van der Waals surface area contributed by atoms with Crippen LogP contribution >= 0.6 is 0 Å². The average molecular weight is 286 g/mol. The zero-order chi connectivity index (χ0) is 15.0. The Kier molecular flexibility index (Phi) is 2.98. The third-order valence-electron chi connectivity index (χ3n) is 3.06. The van der Waals surface area contributed by atoms with Gasteiger partial charge in [-0.05, 0) is 19.1 Å². The second kappa shape index (κ2) is 4.82. The third kappa shape index (κ3) is 1.97. The topological polar surface area (TPSA) is 125 Å². The lowest BCUT2D eigenvalue weighted by atomic mass is 10.3. The molecule has 108 valence electrons. The maximum atomic E-state index is 12.2. The summed E-state index contributed by atoms with van der Waals surface area (Å²) in [6, 6.07) is 7.21. The summed E-state index contributed by atoms with van der Waals surface area (Å²) in [6.45, 7) is 1.98. The van der Waals surface area contributed by atoms with Crippen LogP contribution in [0.3, 0.4) is 0 Å². The molecule has 0 aliphatic rings. The number of benzene rings is 1. The number of aromatic nitrogens is 4. The van der Waals surface area contributed by atoms with Crippen LogP contribution in [0.15, 0.2) is 24.3 Å². The van der Waals surface area contributed by atoms with Crippen molar-refractivity contribution in [3.8, 4) is 11.4 Å². The number of aromatic amines is 1. The number of ether oxygens (including phenoxy) is 1. The van der Waals surface area contributed by atoms with Crippen LogP contribution in [0.25, 0.3) is 22.4 Å². The number of H-pyrrole nitrogens is 1. The van der Waals surface area contributed by atoms with Crippen LogP contribution in [0.2, 0.25) is 0 Å². The fourth-order valence-electron chi connectivity index (χ4n) is 2.17. The molecule has 1 aromatic carbocycles. The number of carbonyl (C=O) groups is 1. The van der Waals surface area contributed by atoms with Crippen LogP contribution in [0, 0.1) is 0 Å². The van der Waals surface area contributed by atoms with Crippen LogP contribution in [0.5, 0.6) is 0 Å². The molecule has 3 rings (SSSR count). The fraction of sp³-hybridized carbons (Fsp3) is 0.154. The van der Waals surface area contributed by atoms with Crippen LogP contribution in [0.4, 0.5) is 16.4 Å². The Morgan fingerprint density at radius 1 is 1.38 bits per heavy atom. The van der Waals surface area contributed by atoms with Crippen molar-refractivity contribution in [3.05, 3.63) is 24.3 Å². The van der Waals surface area contributed by atoms with Gasteiger partial charge in [-0.15, -0.1) is 0 Å². The molecule has 0 bridgehead atoms. The van der Waals surface area contributed by atoms with E-state index in [0.29, 0.717) is 22.4 Å². The molecule has 8 nitrogen and oxygen atoms in total. The number of rotatable bonds is 2. The van der Waals surface area contributed by atoms with Crippen molar-refractivity contribution in [2.75, 3.05) is 18.1 Å². The summed E-state index contributed by atoms with van der Waals surface area (Å²) in [5.74, 6) is 0.722. The van der Waals surface area contributed by atoms with E-state index in [9.17, 15) is 4.79 Å². The molecular formula is C13H14N6O2. The van der Waals surface area contributed by atoms with Crippen LogP contribution in [-0.2, 0) is 4.74 Å². The number of nitrogen functional groups attached to an aromatic ring is 2. The first-order valence-electron chi connectivity index (χ1n) is 6.37. The maximum absolute atomic E-state index is 12.2. The lowest BCUT2D eigenvalue weighted by molar-refractivity contribution is 0.155. The van der Waals surface area contributed by atoms with Crippen molar-refractivity contribution in [1.29, 1.82) is 0 Å². The molecule has 0 radical (unpaired) electrons. The highest BCUT2D eigenvalue weighted by Gasteiger charge is 2.23. The third-order valence-corrected chi connectivity index (χ3v) is 3.06. The Labute approximate surface area is 119 Å². The molecule has 5 N–H and O–H groups in total. The Morgan fingerprint density at radius 2 is 2.14 bits per heavy atom. The van der Waals surface area contributed by atoms with Crippen molar-refractivity contribution in [2.24, 2.45) is 0 Å². The van der Waals surface area contributed by atoms with Gasteiger partial charge in [0.05, 0.1) is 17.6 Å². The van der Waals surface area contributed by atoms with Gasteiger partial charge in [0.25, 0.3) is 0 Å². The Bertz CT molecular complexity index is 800. The van der Waals surface area contributed by atoms with Gasteiger partial charge < -0.3 is 16.2 Å². The quantitative estimate of drug-likeness (QED) is 0.657. The lowest BCUT2D eigenvalue weighted by Crippen LogP contribution is -2.15. The van der Waals surface area contributed by atoms with Gasteiger partial charge in [0, 0.05) is 0 Å². The zero-order valence-corrected chi connectivity index (χ0v) is 11.3. The Balaban J connectivity index is 2.32. The highest BCUT2D eigenvalue weighted by Crippen LogP contribution is 2.31. The number of nitrogens with zero attached hydrogens (tertiary/aromatic N) is 3. The summed E-state index contributed by atoms with van der Waals surface area (Å²) in [5.41, 5.74) is 13.3. The number of para-hydroxylation sites is 2. The molecule has 0 fully saturated rings. The molecule has 3 aromatic rings. The molecular weight excluding hydrogens is 272 g/mol. The van der Waals surface area contributed by atoms with E-state index in [-0.39, 0.29) is 18.2 Å². The second-order valence-electron chi connectivity index (χ2n) is 4.36. The highest BCUT2D eigenvalue weighted by atomic mass is 16.5. The van der Waals surface area contributed by atoms with Gasteiger partial charge in [0.15, 0.2) is 11.6 Å². The monoisotopic (exact) mass is 286 g/mol. The molecule has 0 atom stereocenters. The molecule has 0 saturated heterocycles. The number of fused-ring (bicyclic) bond motifs is 1. The number of anilines is 2. The van der Waals surface area contributed by atoms with Crippen molar-refractivity contribution < 1.29 is 9.53 Å². The fourth-order valence-corrected chi connectivity index (χ4v) is 2.17. The first-order valence-corrected chi connectivity index (χ1v) is 6.37. The molecule has 0 saturated carbocycles. The van der Waals surface area contributed by atoms with Crippen molar-refractivity contribution in [3.63, 3.8) is 0 Å². The van der Waals surface area contributed by atoms with Gasteiger partial charge in [-0.3, -0.25) is 5.10 Å². The summed E-state index contributed by atoms with van der Waals surface area (Å²) in [6.07, 6.45) is -0.541. The number of nitrogens with one attached hydrogen (secondary N) is 1. The van der Waals surface area contributed by atoms with Crippen LogP contribution in [0.1, 0.15) is 6.92 Å². The molecule has 0 amide bonds. The van der Waals surface area contributed by atoms with E-state index in [1.165, 1.54) is 4.57 Å². The summed E-state index contributed by atoms with van der Waals surface area (Å²) >= 11 is 0. The van der Waals surface area contributed by atoms with Crippen molar-refractivity contribution in [2.45, 2.75) is 6.92 Å². The molecule has 0 aliphatic heterocycles. The molecule has 2 aromatic heterocycles. The predicted molar refractivity (Wildman–Crippen MR) is 78.6 cm³/mol. The first kappa shape index (κ1) is 13.0. The van der Waals surface area contributed by atoms with E-state index < -0.39 is 6.09 Å². The lowest BCUT2D eigenvalue weighted by Gasteiger charge is -2.07. The number of hydrogen-bond donors (Lipinski definition) is 3. The summed E-state index contributed by atoms with van der Waals surface area (Å²) in [5, 5.41) is 6.41. The van der Waals surface area contributed by atoms with E-state index in [4.69, 9.17) is 16.2 Å². The average Bonchev–Trinajstić information content (AvgIpc) is 2.99. The number of carbonyl (C=O) groups excluding carboxylic acids is 1. The van der Waals surface area contributed by atoms with Gasteiger partial charge in [-0.1, -0.05) is 12.1 Å². The van der Waals surface area contributed by atoms with Gasteiger partial charge in [0.2, 0.25) is 0 Å². The minimum Gasteiger partial charge on any atom is -0.449 e. The minimum atomic E-state index is -0.541. The van der Waals surface area contributed by atoms with Crippen molar-refractivity contribution in [1.82, 2.24) is 19.7 Å². The molecule has 2 heterocycles. The standard InChI is InChI=1S/C13H14N6O2/c1-2-21-13(20)19-8-6-4-3-5-7(8)16-12(19)9-10(14)17-18-11(9)15/h3-6H,2H2,1H3,(H5,14,15,17,18). The van der Waals surface area contributed by atoms with Gasteiger partial charge in [-0.2, -0.15) is 5.10 Å². The van der Waals surface area contributed by atoms with Gasteiger partial charge in [-0.25, -0.2) is 14.3 Å².